The zero-order valence-corrected chi connectivity index (χ0v) is 44.3. The van der Waals surface area contributed by atoms with Crippen LogP contribution in [0.1, 0.15) is 27.7 Å². The Bertz CT molecular complexity index is 3550. The van der Waals surface area contributed by atoms with Gasteiger partial charge in [-0.1, -0.05) is 64.1 Å². The molecule has 0 bridgehead atoms. The SMILES string of the molecule is CCN(CC)CC(=O)Oc1ccc2c(=O)c(-c3ccc(O)cc3)coc2c1.CCN(CC)CC(=O)Oc1ccc2c(=O)c(-c3ccc(O)cc3)coc2c1.Cl.O=C(CCl)Oc1ccc2c(=O)c(-c3ccc(O)cc3)coc2c1. The number of fused-ring (bicyclic) bond motifs is 3. The number of rotatable bonds is 15. The molecule has 0 spiro atoms. The van der Waals surface area contributed by atoms with Crippen LogP contribution < -0.4 is 30.5 Å². The van der Waals surface area contributed by atoms with E-state index in [4.69, 9.17) is 39.1 Å². The molecule has 404 valence electrons. The second-order valence-corrected chi connectivity index (χ2v) is 17.3. The molecule has 3 aromatic heterocycles. The van der Waals surface area contributed by atoms with Crippen molar-refractivity contribution in [3.05, 3.63) is 177 Å². The fourth-order valence-corrected chi connectivity index (χ4v) is 7.84. The maximum absolute atomic E-state index is 12.7. The van der Waals surface area contributed by atoms with E-state index in [-0.39, 0.29) is 82.6 Å². The van der Waals surface area contributed by atoms with Crippen LogP contribution in [0.2, 0.25) is 0 Å². The van der Waals surface area contributed by atoms with Crippen LogP contribution in [0.25, 0.3) is 66.3 Å². The number of nitrogens with zero attached hydrogens (tertiary/aromatic N) is 2. The molecular formula is C59H54Cl2N2O15. The summed E-state index contributed by atoms with van der Waals surface area (Å²) in [5.74, 6) is -0.285. The molecule has 9 rings (SSSR count). The number of halogens is 2. The number of hydrogen-bond donors (Lipinski definition) is 3. The molecule has 0 atom stereocenters. The van der Waals surface area contributed by atoms with Crippen LogP contribution in [-0.2, 0) is 14.4 Å². The van der Waals surface area contributed by atoms with Gasteiger partial charge in [0.05, 0.1) is 45.9 Å². The van der Waals surface area contributed by atoms with Crippen LogP contribution >= 0.6 is 24.0 Å². The summed E-state index contributed by atoms with van der Waals surface area (Å²) in [4.78, 5) is 77.2. The Morgan fingerprint density at radius 2 is 0.705 bits per heavy atom. The van der Waals surface area contributed by atoms with E-state index in [9.17, 15) is 44.1 Å². The molecule has 78 heavy (non-hydrogen) atoms. The van der Waals surface area contributed by atoms with Gasteiger partial charge in [0.2, 0.25) is 0 Å². The summed E-state index contributed by atoms with van der Waals surface area (Å²) in [6, 6.07) is 32.8. The number of ether oxygens (including phenoxy) is 3. The van der Waals surface area contributed by atoms with Crippen molar-refractivity contribution < 1.29 is 57.2 Å². The highest BCUT2D eigenvalue weighted by Crippen LogP contribution is 2.28. The van der Waals surface area contributed by atoms with Crippen molar-refractivity contribution >= 4 is 74.8 Å². The van der Waals surface area contributed by atoms with Gasteiger partial charge in [0, 0.05) is 18.2 Å². The maximum atomic E-state index is 12.7. The molecule has 17 nitrogen and oxygen atoms in total. The van der Waals surface area contributed by atoms with Gasteiger partial charge >= 0.3 is 17.9 Å². The highest BCUT2D eigenvalue weighted by molar-refractivity contribution is 6.26. The minimum atomic E-state index is -0.589. The Morgan fingerprint density at radius 1 is 0.436 bits per heavy atom. The van der Waals surface area contributed by atoms with Crippen molar-refractivity contribution in [1.82, 2.24) is 9.80 Å². The van der Waals surface area contributed by atoms with Crippen LogP contribution in [0.5, 0.6) is 34.5 Å². The van der Waals surface area contributed by atoms with Gasteiger partial charge in [0.25, 0.3) is 0 Å². The van der Waals surface area contributed by atoms with Crippen molar-refractivity contribution in [2.45, 2.75) is 27.7 Å². The number of esters is 3. The molecular weight excluding hydrogens is 1050 g/mol. The van der Waals surface area contributed by atoms with E-state index in [0.29, 0.717) is 77.8 Å². The Balaban J connectivity index is 0.000000189. The van der Waals surface area contributed by atoms with Crippen molar-refractivity contribution in [2.24, 2.45) is 0 Å². The minimum absolute atomic E-state index is 0. The lowest BCUT2D eigenvalue weighted by molar-refractivity contribution is -0.136. The summed E-state index contributed by atoms with van der Waals surface area (Å²) in [6.07, 6.45) is 4.08. The van der Waals surface area contributed by atoms with Crippen LogP contribution in [0, 0.1) is 0 Å². The van der Waals surface area contributed by atoms with Crippen molar-refractivity contribution in [2.75, 3.05) is 45.1 Å². The lowest BCUT2D eigenvalue weighted by Gasteiger charge is -2.16. The summed E-state index contributed by atoms with van der Waals surface area (Å²) >= 11 is 5.38. The van der Waals surface area contributed by atoms with Gasteiger partial charge in [-0.25, -0.2) is 0 Å². The Morgan fingerprint density at radius 3 is 0.962 bits per heavy atom. The number of benzene rings is 6. The molecule has 0 amide bonds. The Labute approximate surface area is 457 Å². The molecule has 19 heteroatoms. The third kappa shape index (κ3) is 14.8. The fraction of sp³-hybridized carbons (Fsp3) is 0.186. The number of carbonyl (C=O) groups is 3. The van der Waals surface area contributed by atoms with Crippen molar-refractivity contribution in [1.29, 1.82) is 0 Å². The number of likely N-dealkylation sites (N-methyl/N-ethyl adjacent to an activating group) is 2. The van der Waals surface area contributed by atoms with Crippen LogP contribution in [0.3, 0.4) is 0 Å². The molecule has 0 aliphatic heterocycles. The van der Waals surface area contributed by atoms with Gasteiger partial charge in [-0.3, -0.25) is 38.6 Å². The van der Waals surface area contributed by atoms with Crippen molar-refractivity contribution in [3.63, 3.8) is 0 Å². The lowest BCUT2D eigenvalue weighted by atomic mass is 10.1. The number of phenols is 3. The molecule has 9 aromatic rings. The van der Waals surface area contributed by atoms with Gasteiger partial charge in [-0.05, 0) is 116 Å². The highest BCUT2D eigenvalue weighted by Gasteiger charge is 2.17. The first-order chi connectivity index (χ1) is 37.1. The molecule has 3 N–H and O–H groups in total. The molecule has 0 unspecified atom stereocenters. The fourth-order valence-electron chi connectivity index (χ4n) is 7.78. The number of alkyl halides is 1. The smallest absolute Gasteiger partial charge is 0.326 e. The average Bonchev–Trinajstić information content (AvgIpc) is 3.55. The van der Waals surface area contributed by atoms with Gasteiger partial charge in [0.1, 0.15) is 75.9 Å². The third-order valence-corrected chi connectivity index (χ3v) is 12.3. The predicted octanol–water partition coefficient (Wildman–Crippen LogP) is 10.6. The predicted molar refractivity (Wildman–Crippen MR) is 299 cm³/mol. The van der Waals surface area contributed by atoms with Gasteiger partial charge in [-0.2, -0.15) is 0 Å². The van der Waals surface area contributed by atoms with Crippen molar-refractivity contribution in [3.8, 4) is 67.9 Å². The van der Waals surface area contributed by atoms with E-state index in [0.717, 1.165) is 26.2 Å². The summed E-state index contributed by atoms with van der Waals surface area (Å²) in [5, 5.41) is 29.2. The van der Waals surface area contributed by atoms with E-state index in [1.807, 2.05) is 37.5 Å². The van der Waals surface area contributed by atoms with Crippen LogP contribution in [0.15, 0.2) is 174 Å². The second kappa shape index (κ2) is 27.3. The summed E-state index contributed by atoms with van der Waals surface area (Å²) in [7, 11) is 0. The first-order valence-electron chi connectivity index (χ1n) is 24.3. The number of hydrogen-bond acceptors (Lipinski definition) is 17. The van der Waals surface area contributed by atoms with E-state index < -0.39 is 5.97 Å². The van der Waals surface area contributed by atoms with E-state index in [1.165, 1.54) is 85.5 Å². The number of phenolic OH excluding ortho intramolecular Hbond substituents is 3. The van der Waals surface area contributed by atoms with E-state index in [1.54, 1.807) is 60.7 Å². The zero-order chi connectivity index (χ0) is 55.2. The normalized spacial score (nSPS) is 10.8. The maximum Gasteiger partial charge on any atom is 0.326 e. The average molecular weight is 1100 g/mol. The largest absolute Gasteiger partial charge is 0.508 e. The van der Waals surface area contributed by atoms with Gasteiger partial charge in [0.15, 0.2) is 16.3 Å². The summed E-state index contributed by atoms with van der Waals surface area (Å²) in [6.45, 7) is 11.4. The molecule has 0 saturated heterocycles. The monoisotopic (exact) mass is 1100 g/mol. The molecule has 3 heterocycles. The minimum Gasteiger partial charge on any atom is -0.508 e. The Hall–Kier alpha value is -8.74. The molecule has 0 saturated carbocycles. The standard InChI is InChI=1S/2C21H21NO5.C17H11ClO5.ClH/c2*1-3-22(4-2)12-20(24)27-16-9-10-17-19(11-16)26-13-18(21(17)25)14-5-7-15(23)8-6-14;18-8-16(20)23-12-5-6-13-15(7-12)22-9-14(17(13)21)10-1-3-11(19)4-2-10;/h2*5-11,13,23H,3-4,12H2,1-2H3;1-7,9,19H,8H2;1H. The quantitative estimate of drug-likeness (QED) is 0.0491. The van der Waals surface area contributed by atoms with Gasteiger partial charge in [-0.15, -0.1) is 24.0 Å². The van der Waals surface area contributed by atoms with Gasteiger partial charge < -0.3 is 42.8 Å². The van der Waals surface area contributed by atoms with E-state index >= 15 is 0 Å². The zero-order valence-electron chi connectivity index (χ0n) is 42.7. The molecule has 6 aromatic carbocycles. The summed E-state index contributed by atoms with van der Waals surface area (Å²) in [5.41, 5.74) is 3.50. The molecule has 0 fully saturated rings. The molecule has 0 radical (unpaired) electrons. The third-order valence-electron chi connectivity index (χ3n) is 12.1. The number of carbonyl (C=O) groups excluding carboxylic acids is 3. The number of aromatic hydroxyl groups is 3. The van der Waals surface area contributed by atoms with Crippen LogP contribution in [-0.4, -0.2) is 88.2 Å². The molecule has 0 aliphatic carbocycles. The second-order valence-electron chi connectivity index (χ2n) is 17.0. The Kier molecular flexibility index (Phi) is 20.5. The first kappa shape index (κ1) is 58.5. The first-order valence-corrected chi connectivity index (χ1v) is 24.8. The lowest BCUT2D eigenvalue weighted by Crippen LogP contribution is -2.31. The summed E-state index contributed by atoms with van der Waals surface area (Å²) < 4.78 is 32.3. The topological polar surface area (TPSA) is 237 Å². The molecule has 0 aliphatic rings. The van der Waals surface area contributed by atoms with E-state index in [2.05, 4.69) is 0 Å². The van der Waals surface area contributed by atoms with Crippen LogP contribution in [0.4, 0.5) is 0 Å². The highest BCUT2D eigenvalue weighted by atomic mass is 35.5.